The quantitative estimate of drug-likeness (QED) is 0.882. The first-order chi connectivity index (χ1) is 7.75. The van der Waals surface area contributed by atoms with Crippen molar-refractivity contribution < 1.29 is 9.90 Å². The molecule has 0 aliphatic carbocycles. The fourth-order valence-corrected chi connectivity index (χ4v) is 2.08. The highest BCUT2D eigenvalue weighted by Gasteiger charge is 2.04. The number of carbonyl (C=O) groups is 1. The molecule has 0 amide bonds. The van der Waals surface area contributed by atoms with Gasteiger partial charge in [0, 0.05) is 22.2 Å². The third-order valence-electron chi connectivity index (χ3n) is 1.94. The van der Waals surface area contributed by atoms with Crippen molar-refractivity contribution in [2.75, 3.05) is 0 Å². The average molecular weight is 231 g/mol. The summed E-state index contributed by atoms with van der Waals surface area (Å²) in [6.45, 7) is 0. The molecule has 1 aromatic heterocycles. The lowest BCUT2D eigenvalue weighted by atomic mass is 10.3. The number of nitrogens with zero attached hydrogens (tertiary/aromatic N) is 1. The maximum absolute atomic E-state index is 10.8. The summed E-state index contributed by atoms with van der Waals surface area (Å²) >= 11 is 1.49. The summed E-state index contributed by atoms with van der Waals surface area (Å²) in [6, 6.07) is 11.4. The van der Waals surface area contributed by atoms with Crippen molar-refractivity contribution in [2.45, 2.75) is 9.79 Å². The van der Waals surface area contributed by atoms with Crippen LogP contribution in [0.3, 0.4) is 0 Å². The van der Waals surface area contributed by atoms with E-state index in [0.29, 0.717) is 0 Å². The van der Waals surface area contributed by atoms with Gasteiger partial charge in [-0.25, -0.2) is 4.79 Å². The van der Waals surface area contributed by atoms with Crippen molar-refractivity contribution in [1.82, 2.24) is 4.98 Å². The van der Waals surface area contributed by atoms with Crippen LogP contribution < -0.4 is 0 Å². The van der Waals surface area contributed by atoms with E-state index in [0.717, 1.165) is 9.79 Å². The molecule has 0 spiro atoms. The minimum Gasteiger partial charge on any atom is -0.478 e. The summed E-state index contributed by atoms with van der Waals surface area (Å²) in [7, 11) is 0. The van der Waals surface area contributed by atoms with Gasteiger partial charge in [0.05, 0.1) is 5.56 Å². The molecule has 0 saturated carbocycles. The lowest BCUT2D eigenvalue weighted by Gasteiger charge is -2.01. The summed E-state index contributed by atoms with van der Waals surface area (Å²) < 4.78 is 0. The highest BCUT2D eigenvalue weighted by Crippen LogP contribution is 2.26. The number of pyridine rings is 1. The molecule has 0 fully saturated rings. The van der Waals surface area contributed by atoms with Crippen LogP contribution in [-0.2, 0) is 0 Å². The van der Waals surface area contributed by atoms with Crippen LogP contribution in [0.4, 0.5) is 0 Å². The van der Waals surface area contributed by atoms with Crippen molar-refractivity contribution >= 4 is 17.7 Å². The largest absolute Gasteiger partial charge is 0.478 e. The second-order valence-electron chi connectivity index (χ2n) is 3.13. The van der Waals surface area contributed by atoms with Crippen LogP contribution in [-0.4, -0.2) is 16.1 Å². The van der Waals surface area contributed by atoms with Crippen LogP contribution in [0.1, 0.15) is 10.4 Å². The molecule has 0 unspecified atom stereocenters. The molecule has 2 rings (SSSR count). The number of carboxylic acid groups (broad SMARTS) is 1. The normalized spacial score (nSPS) is 10.0. The first-order valence-corrected chi connectivity index (χ1v) is 5.48. The zero-order valence-electron chi connectivity index (χ0n) is 8.33. The molecule has 3 nitrogen and oxygen atoms in total. The first-order valence-electron chi connectivity index (χ1n) is 4.67. The van der Waals surface area contributed by atoms with Gasteiger partial charge >= 0.3 is 5.97 Å². The van der Waals surface area contributed by atoms with Gasteiger partial charge in [-0.15, -0.1) is 0 Å². The number of hydrogen-bond acceptors (Lipinski definition) is 3. The number of hydrogen-bond donors (Lipinski definition) is 1. The van der Waals surface area contributed by atoms with Crippen LogP contribution >= 0.6 is 11.8 Å². The Labute approximate surface area is 97.2 Å². The van der Waals surface area contributed by atoms with Gasteiger partial charge in [0.15, 0.2) is 0 Å². The maximum Gasteiger partial charge on any atom is 0.337 e. The van der Waals surface area contributed by atoms with Crippen molar-refractivity contribution in [3.63, 3.8) is 0 Å². The molecule has 0 aliphatic rings. The molecule has 0 atom stereocenters. The van der Waals surface area contributed by atoms with Crippen molar-refractivity contribution in [3.05, 3.63) is 54.4 Å². The third-order valence-corrected chi connectivity index (χ3v) is 2.91. The highest BCUT2D eigenvalue weighted by atomic mass is 32.2. The van der Waals surface area contributed by atoms with Crippen molar-refractivity contribution in [1.29, 1.82) is 0 Å². The lowest BCUT2D eigenvalue weighted by Crippen LogP contribution is -1.96. The number of carboxylic acids is 1. The predicted octanol–water partition coefficient (Wildman–Crippen LogP) is 2.93. The van der Waals surface area contributed by atoms with Crippen LogP contribution in [0.5, 0.6) is 0 Å². The van der Waals surface area contributed by atoms with Crippen LogP contribution in [0.2, 0.25) is 0 Å². The number of rotatable bonds is 3. The van der Waals surface area contributed by atoms with E-state index in [2.05, 4.69) is 4.98 Å². The Hall–Kier alpha value is -1.81. The van der Waals surface area contributed by atoms with Gasteiger partial charge in [-0.05, 0) is 18.2 Å². The first kappa shape index (κ1) is 10.7. The Morgan fingerprint density at radius 1 is 1.12 bits per heavy atom. The molecular weight excluding hydrogens is 222 g/mol. The molecule has 1 heterocycles. The molecule has 0 saturated heterocycles. The van der Waals surface area contributed by atoms with Gasteiger partial charge in [0.25, 0.3) is 0 Å². The van der Waals surface area contributed by atoms with Gasteiger partial charge in [0.1, 0.15) is 0 Å². The monoisotopic (exact) mass is 231 g/mol. The average Bonchev–Trinajstić information content (AvgIpc) is 2.30. The van der Waals surface area contributed by atoms with Gasteiger partial charge in [-0.3, -0.25) is 4.98 Å². The molecule has 0 bridgehead atoms. The zero-order chi connectivity index (χ0) is 11.4. The minimum atomic E-state index is -0.956. The van der Waals surface area contributed by atoms with Crippen LogP contribution in [0.25, 0.3) is 0 Å². The molecule has 2 aromatic rings. The second kappa shape index (κ2) is 4.81. The Balaban J connectivity index is 2.22. The van der Waals surface area contributed by atoms with E-state index in [1.807, 2.05) is 30.3 Å². The van der Waals surface area contributed by atoms with E-state index < -0.39 is 5.97 Å². The van der Waals surface area contributed by atoms with Crippen LogP contribution in [0.15, 0.2) is 58.6 Å². The molecule has 80 valence electrons. The summed E-state index contributed by atoms with van der Waals surface area (Å²) in [4.78, 5) is 16.5. The van der Waals surface area contributed by atoms with E-state index in [-0.39, 0.29) is 5.56 Å². The summed E-state index contributed by atoms with van der Waals surface area (Å²) in [5, 5.41) is 8.83. The van der Waals surface area contributed by atoms with Gasteiger partial charge in [-0.1, -0.05) is 30.0 Å². The van der Waals surface area contributed by atoms with Gasteiger partial charge in [-0.2, -0.15) is 0 Å². The fourth-order valence-electron chi connectivity index (χ4n) is 1.22. The number of benzene rings is 1. The lowest BCUT2D eigenvalue weighted by molar-refractivity contribution is 0.0696. The molecular formula is C12H9NO2S. The minimum absolute atomic E-state index is 0.209. The highest BCUT2D eigenvalue weighted by molar-refractivity contribution is 7.99. The Morgan fingerprint density at radius 2 is 1.88 bits per heavy atom. The van der Waals surface area contributed by atoms with Crippen LogP contribution in [0, 0.1) is 0 Å². The topological polar surface area (TPSA) is 50.2 Å². The number of aromatic carboxylic acids is 1. The van der Waals surface area contributed by atoms with E-state index >= 15 is 0 Å². The summed E-state index contributed by atoms with van der Waals surface area (Å²) in [6.07, 6.45) is 3.00. The summed E-state index contributed by atoms with van der Waals surface area (Å²) in [5.41, 5.74) is 0.209. The molecule has 16 heavy (non-hydrogen) atoms. The Kier molecular flexibility index (Phi) is 3.22. The summed E-state index contributed by atoms with van der Waals surface area (Å²) in [5.74, 6) is -0.956. The number of aromatic nitrogens is 1. The van der Waals surface area contributed by atoms with Crippen molar-refractivity contribution in [2.24, 2.45) is 0 Å². The Bertz CT molecular complexity index is 499. The van der Waals surface area contributed by atoms with Gasteiger partial charge in [0.2, 0.25) is 0 Å². The SMILES string of the molecule is O=C(O)c1cncc(Sc2ccccc2)c1. The van der Waals surface area contributed by atoms with E-state index in [1.165, 1.54) is 18.0 Å². The van der Waals surface area contributed by atoms with Crippen molar-refractivity contribution in [3.8, 4) is 0 Å². The van der Waals surface area contributed by atoms with E-state index in [1.54, 1.807) is 12.3 Å². The maximum atomic E-state index is 10.8. The standard InChI is InChI=1S/C12H9NO2S/c14-12(15)9-6-11(8-13-7-9)16-10-4-2-1-3-5-10/h1-8H,(H,14,15). The van der Waals surface area contributed by atoms with E-state index in [9.17, 15) is 4.79 Å². The molecule has 0 aliphatic heterocycles. The second-order valence-corrected chi connectivity index (χ2v) is 4.28. The fraction of sp³-hybridized carbons (Fsp3) is 0. The molecule has 4 heteroatoms. The predicted molar refractivity (Wildman–Crippen MR) is 61.8 cm³/mol. The van der Waals surface area contributed by atoms with Gasteiger partial charge < -0.3 is 5.11 Å². The zero-order valence-corrected chi connectivity index (χ0v) is 9.15. The molecule has 1 aromatic carbocycles. The smallest absolute Gasteiger partial charge is 0.337 e. The molecule has 1 N–H and O–H groups in total. The van der Waals surface area contributed by atoms with E-state index in [4.69, 9.17) is 5.11 Å². The Morgan fingerprint density at radius 3 is 2.56 bits per heavy atom. The third kappa shape index (κ3) is 2.61. The molecule has 0 radical (unpaired) electrons.